The first kappa shape index (κ1) is 16.5. The van der Waals surface area contributed by atoms with Crippen molar-refractivity contribution in [2.24, 2.45) is 5.92 Å². The molecule has 1 aromatic heterocycles. The van der Waals surface area contributed by atoms with Crippen molar-refractivity contribution in [3.63, 3.8) is 0 Å². The summed E-state index contributed by atoms with van der Waals surface area (Å²) in [4.78, 5) is 16.1. The minimum absolute atomic E-state index is 0.0201. The predicted octanol–water partition coefficient (Wildman–Crippen LogP) is 4.17. The second kappa shape index (κ2) is 7.95. The maximum Gasteiger partial charge on any atom is 0.241 e. The van der Waals surface area contributed by atoms with Crippen molar-refractivity contribution in [1.29, 1.82) is 0 Å². The molecule has 1 N–H and O–H groups in total. The van der Waals surface area contributed by atoms with E-state index in [1.165, 1.54) is 24.1 Å². The number of unbranched alkanes of at least 4 members (excludes halogenated alkanes) is 3. The Morgan fingerprint density at radius 2 is 2.14 bits per heavy atom. The van der Waals surface area contributed by atoms with Crippen LogP contribution in [0.25, 0.3) is 0 Å². The normalized spacial score (nSPS) is 23.8. The van der Waals surface area contributed by atoms with Gasteiger partial charge in [-0.05, 0) is 23.8 Å². The number of carbonyl (C=O) groups excluding carboxylic acids is 1. The van der Waals surface area contributed by atoms with E-state index in [4.69, 9.17) is 0 Å². The molecule has 0 bridgehead atoms. The number of hydrogen-bond donors (Lipinski definition) is 1. The van der Waals surface area contributed by atoms with Crippen LogP contribution in [0.4, 0.5) is 0 Å². The summed E-state index contributed by atoms with van der Waals surface area (Å²) in [7, 11) is 0. The van der Waals surface area contributed by atoms with E-state index < -0.39 is 0 Å². The molecule has 1 saturated heterocycles. The van der Waals surface area contributed by atoms with Gasteiger partial charge in [-0.1, -0.05) is 52.5 Å². The summed E-state index contributed by atoms with van der Waals surface area (Å²) in [5, 5.41) is 5.66. The van der Waals surface area contributed by atoms with Crippen LogP contribution >= 0.6 is 11.3 Å². The first-order valence-electron chi connectivity index (χ1n) is 8.29. The molecule has 1 aliphatic heterocycles. The molecule has 1 aliphatic rings. The molecule has 2 heterocycles. The fourth-order valence-electron chi connectivity index (χ4n) is 2.91. The molecule has 0 aliphatic carbocycles. The van der Waals surface area contributed by atoms with Crippen LogP contribution in [0.1, 0.15) is 63.9 Å². The molecule has 3 atom stereocenters. The average Bonchev–Trinajstić information content (AvgIpc) is 3.11. The minimum Gasteiger partial charge on any atom is -0.321 e. The maximum absolute atomic E-state index is 12.7. The standard InChI is InChI=1S/C17H28N2OS/c1-4-6-7-8-11-19-16(14-10-9-12-21-14)18-15(17(19)20)13(3)5-2/h9-10,12-13,15-16,18H,4-8,11H2,1-3H3. The van der Waals surface area contributed by atoms with Gasteiger partial charge in [0.2, 0.25) is 5.91 Å². The van der Waals surface area contributed by atoms with Crippen molar-refractivity contribution in [1.82, 2.24) is 10.2 Å². The molecule has 3 nitrogen and oxygen atoms in total. The molecule has 1 aromatic rings. The van der Waals surface area contributed by atoms with Crippen LogP contribution in [0.3, 0.4) is 0 Å². The third kappa shape index (κ3) is 3.86. The van der Waals surface area contributed by atoms with Crippen LogP contribution in [0.5, 0.6) is 0 Å². The first-order valence-corrected chi connectivity index (χ1v) is 9.16. The van der Waals surface area contributed by atoms with Gasteiger partial charge in [0.1, 0.15) is 6.17 Å². The number of hydrogen-bond acceptors (Lipinski definition) is 3. The van der Waals surface area contributed by atoms with Crippen LogP contribution in [0.15, 0.2) is 17.5 Å². The van der Waals surface area contributed by atoms with Gasteiger partial charge in [0.25, 0.3) is 0 Å². The van der Waals surface area contributed by atoms with Crippen LogP contribution in [-0.4, -0.2) is 23.4 Å². The lowest BCUT2D eigenvalue weighted by molar-refractivity contribution is -0.131. The quantitative estimate of drug-likeness (QED) is 0.731. The Bertz CT molecular complexity index is 432. The highest BCUT2D eigenvalue weighted by Crippen LogP contribution is 2.31. The van der Waals surface area contributed by atoms with Gasteiger partial charge in [-0.2, -0.15) is 0 Å². The Balaban J connectivity index is 2.06. The molecule has 21 heavy (non-hydrogen) atoms. The zero-order valence-electron chi connectivity index (χ0n) is 13.5. The third-order valence-electron chi connectivity index (χ3n) is 4.48. The van der Waals surface area contributed by atoms with E-state index in [1.807, 2.05) is 0 Å². The molecule has 0 radical (unpaired) electrons. The molecule has 1 fully saturated rings. The fourth-order valence-corrected chi connectivity index (χ4v) is 3.71. The largest absolute Gasteiger partial charge is 0.321 e. The lowest BCUT2D eigenvalue weighted by Gasteiger charge is -2.23. The molecule has 118 valence electrons. The number of amides is 1. The minimum atomic E-state index is -0.0201. The average molecular weight is 308 g/mol. The Morgan fingerprint density at radius 1 is 1.33 bits per heavy atom. The van der Waals surface area contributed by atoms with Crippen molar-refractivity contribution in [3.05, 3.63) is 22.4 Å². The highest BCUT2D eigenvalue weighted by molar-refractivity contribution is 7.10. The maximum atomic E-state index is 12.7. The lowest BCUT2D eigenvalue weighted by atomic mass is 9.99. The van der Waals surface area contributed by atoms with Gasteiger partial charge in [-0.15, -0.1) is 11.3 Å². The predicted molar refractivity (Wildman–Crippen MR) is 89.3 cm³/mol. The van der Waals surface area contributed by atoms with E-state index in [0.29, 0.717) is 11.8 Å². The molecule has 0 saturated carbocycles. The van der Waals surface area contributed by atoms with Gasteiger partial charge in [0, 0.05) is 11.4 Å². The summed E-state index contributed by atoms with van der Waals surface area (Å²) in [5.41, 5.74) is 0. The van der Waals surface area contributed by atoms with Crippen molar-refractivity contribution in [2.45, 2.75) is 65.1 Å². The van der Waals surface area contributed by atoms with Crippen LogP contribution < -0.4 is 5.32 Å². The summed E-state index contributed by atoms with van der Waals surface area (Å²) in [6, 6.07) is 4.18. The van der Waals surface area contributed by atoms with Crippen molar-refractivity contribution in [2.75, 3.05) is 6.54 Å². The number of nitrogens with zero attached hydrogens (tertiary/aromatic N) is 1. The Kier molecular flexibility index (Phi) is 6.24. The smallest absolute Gasteiger partial charge is 0.241 e. The van der Waals surface area contributed by atoms with E-state index in [9.17, 15) is 4.79 Å². The monoisotopic (exact) mass is 308 g/mol. The highest BCUT2D eigenvalue weighted by atomic mass is 32.1. The van der Waals surface area contributed by atoms with Gasteiger partial charge in [0.05, 0.1) is 6.04 Å². The highest BCUT2D eigenvalue weighted by Gasteiger charge is 2.41. The summed E-state index contributed by atoms with van der Waals surface area (Å²) >= 11 is 1.73. The van der Waals surface area contributed by atoms with Crippen molar-refractivity contribution in [3.8, 4) is 0 Å². The lowest BCUT2D eigenvalue weighted by Crippen LogP contribution is -2.35. The van der Waals surface area contributed by atoms with E-state index in [0.717, 1.165) is 19.4 Å². The summed E-state index contributed by atoms with van der Waals surface area (Å²) in [5.74, 6) is 0.680. The molecule has 0 spiro atoms. The van der Waals surface area contributed by atoms with Gasteiger partial charge in [-0.3, -0.25) is 10.1 Å². The molecular formula is C17H28N2OS. The Morgan fingerprint density at radius 3 is 2.76 bits per heavy atom. The summed E-state index contributed by atoms with van der Waals surface area (Å²) < 4.78 is 0. The molecule has 1 amide bonds. The zero-order chi connectivity index (χ0) is 15.2. The molecule has 2 rings (SSSR count). The van der Waals surface area contributed by atoms with E-state index >= 15 is 0 Å². The molecular weight excluding hydrogens is 280 g/mol. The van der Waals surface area contributed by atoms with E-state index in [1.54, 1.807) is 11.3 Å². The Labute approximate surface area is 132 Å². The summed E-state index contributed by atoms with van der Waals surface area (Å²) in [6.07, 6.45) is 5.92. The molecule has 3 unspecified atom stereocenters. The van der Waals surface area contributed by atoms with E-state index in [-0.39, 0.29) is 12.2 Å². The SMILES string of the molecule is CCCCCCN1C(=O)C(C(C)CC)NC1c1cccs1. The zero-order valence-corrected chi connectivity index (χ0v) is 14.3. The number of nitrogens with one attached hydrogen (secondary N) is 1. The van der Waals surface area contributed by atoms with Crippen molar-refractivity contribution >= 4 is 17.2 Å². The van der Waals surface area contributed by atoms with Crippen LogP contribution in [-0.2, 0) is 4.79 Å². The second-order valence-electron chi connectivity index (χ2n) is 6.04. The first-order chi connectivity index (χ1) is 10.2. The van der Waals surface area contributed by atoms with Gasteiger partial charge < -0.3 is 4.90 Å². The summed E-state index contributed by atoms with van der Waals surface area (Å²) in [6.45, 7) is 7.42. The van der Waals surface area contributed by atoms with Gasteiger partial charge >= 0.3 is 0 Å². The van der Waals surface area contributed by atoms with Crippen molar-refractivity contribution < 1.29 is 4.79 Å². The van der Waals surface area contributed by atoms with E-state index in [2.05, 4.69) is 48.5 Å². The Hall–Kier alpha value is -0.870. The fraction of sp³-hybridized carbons (Fsp3) is 0.706. The van der Waals surface area contributed by atoms with Gasteiger partial charge in [0.15, 0.2) is 0 Å². The topological polar surface area (TPSA) is 32.3 Å². The third-order valence-corrected chi connectivity index (χ3v) is 5.40. The van der Waals surface area contributed by atoms with Gasteiger partial charge in [-0.25, -0.2) is 0 Å². The number of thiophene rings is 1. The number of carbonyl (C=O) groups is 1. The molecule has 0 aromatic carbocycles. The second-order valence-corrected chi connectivity index (χ2v) is 7.02. The van der Waals surface area contributed by atoms with Crippen LogP contribution in [0.2, 0.25) is 0 Å². The molecule has 4 heteroatoms. The van der Waals surface area contributed by atoms with Crippen LogP contribution in [0, 0.1) is 5.92 Å². The number of rotatable bonds is 8.